The van der Waals surface area contributed by atoms with Gasteiger partial charge in [-0.3, -0.25) is 14.5 Å². The summed E-state index contributed by atoms with van der Waals surface area (Å²) in [5, 5.41) is 0.618. The SMILES string of the molecule is NC(=O)C1CCC(N)C1.NC(c1cc(C(=O)c2ccccc2)ccc1Cl)N1CCCCC1. The van der Waals surface area contributed by atoms with Gasteiger partial charge >= 0.3 is 0 Å². The third-order valence-corrected chi connectivity index (χ3v) is 6.62. The van der Waals surface area contributed by atoms with Gasteiger partial charge in [-0.2, -0.15) is 0 Å². The summed E-state index contributed by atoms with van der Waals surface area (Å²) in [5.41, 5.74) is 19.2. The third kappa shape index (κ3) is 6.39. The number of likely N-dealkylation sites (tertiary alicyclic amines) is 1. The lowest BCUT2D eigenvalue weighted by atomic mass is 9.99. The van der Waals surface area contributed by atoms with Crippen LogP contribution in [0, 0.1) is 5.92 Å². The van der Waals surface area contributed by atoms with Crippen LogP contribution in [0.15, 0.2) is 48.5 Å². The van der Waals surface area contributed by atoms with E-state index in [-0.39, 0.29) is 29.8 Å². The Bertz CT molecular complexity index is 915. The maximum Gasteiger partial charge on any atom is 0.220 e. The molecule has 0 bridgehead atoms. The van der Waals surface area contributed by atoms with Crippen LogP contribution in [0.4, 0.5) is 0 Å². The number of carbonyl (C=O) groups is 2. The molecule has 4 rings (SSSR count). The van der Waals surface area contributed by atoms with Crippen LogP contribution in [0.5, 0.6) is 0 Å². The first-order valence-electron chi connectivity index (χ1n) is 11.3. The molecule has 7 heteroatoms. The highest BCUT2D eigenvalue weighted by Gasteiger charge is 2.25. The van der Waals surface area contributed by atoms with E-state index in [1.54, 1.807) is 12.1 Å². The summed E-state index contributed by atoms with van der Waals surface area (Å²) >= 11 is 6.34. The minimum Gasteiger partial charge on any atom is -0.369 e. The lowest BCUT2D eigenvalue weighted by Crippen LogP contribution is -2.38. The minimum atomic E-state index is -0.258. The molecule has 0 spiro atoms. The second kappa shape index (κ2) is 11.6. The first kappa shape index (κ1) is 24.4. The van der Waals surface area contributed by atoms with Gasteiger partial charge in [0.25, 0.3) is 0 Å². The number of nitrogens with two attached hydrogens (primary N) is 3. The van der Waals surface area contributed by atoms with Crippen molar-refractivity contribution in [3.05, 3.63) is 70.2 Å². The largest absolute Gasteiger partial charge is 0.369 e. The fraction of sp³-hybridized carbons (Fsp3) is 0.440. The summed E-state index contributed by atoms with van der Waals surface area (Å²) in [5.74, 6) is -0.141. The Kier molecular flexibility index (Phi) is 8.82. The number of ketones is 1. The van der Waals surface area contributed by atoms with Gasteiger partial charge in [0, 0.05) is 33.7 Å². The van der Waals surface area contributed by atoms with Gasteiger partial charge in [0.15, 0.2) is 5.78 Å². The van der Waals surface area contributed by atoms with Gasteiger partial charge in [-0.1, -0.05) is 48.4 Å². The molecule has 2 fully saturated rings. The second-order valence-electron chi connectivity index (χ2n) is 8.65. The molecule has 1 saturated heterocycles. The first-order valence-corrected chi connectivity index (χ1v) is 11.7. The van der Waals surface area contributed by atoms with E-state index < -0.39 is 0 Å². The van der Waals surface area contributed by atoms with Crippen molar-refractivity contribution in [1.82, 2.24) is 4.90 Å². The van der Waals surface area contributed by atoms with Gasteiger partial charge in [-0.25, -0.2) is 0 Å². The van der Waals surface area contributed by atoms with Crippen molar-refractivity contribution in [2.45, 2.75) is 50.7 Å². The molecule has 1 amide bonds. The Morgan fingerprint density at radius 1 is 0.969 bits per heavy atom. The van der Waals surface area contributed by atoms with Gasteiger partial charge in [0.1, 0.15) is 0 Å². The summed E-state index contributed by atoms with van der Waals surface area (Å²) in [6.45, 7) is 1.96. The lowest BCUT2D eigenvalue weighted by Gasteiger charge is -2.32. The van der Waals surface area contributed by atoms with Crippen LogP contribution in [0.3, 0.4) is 0 Å². The number of piperidine rings is 1. The molecular weight excluding hydrogens is 424 g/mol. The Hall–Kier alpha value is -2.25. The van der Waals surface area contributed by atoms with Crippen molar-refractivity contribution >= 4 is 23.3 Å². The molecule has 2 aromatic rings. The normalized spacial score (nSPS) is 22.0. The fourth-order valence-corrected chi connectivity index (χ4v) is 4.57. The number of hydrogen-bond acceptors (Lipinski definition) is 5. The maximum absolute atomic E-state index is 12.6. The number of amides is 1. The van der Waals surface area contributed by atoms with Gasteiger partial charge in [0.05, 0.1) is 6.17 Å². The first-order chi connectivity index (χ1) is 15.4. The Morgan fingerprint density at radius 3 is 2.22 bits per heavy atom. The number of primary amides is 1. The average molecular weight is 457 g/mol. The smallest absolute Gasteiger partial charge is 0.220 e. The van der Waals surface area contributed by atoms with E-state index in [1.807, 2.05) is 36.4 Å². The molecule has 32 heavy (non-hydrogen) atoms. The molecule has 6 nitrogen and oxygen atoms in total. The minimum absolute atomic E-state index is 0.00522. The monoisotopic (exact) mass is 456 g/mol. The highest BCUT2D eigenvalue weighted by molar-refractivity contribution is 6.31. The number of nitrogens with zero attached hydrogens (tertiary/aromatic N) is 1. The van der Waals surface area contributed by atoms with Crippen LogP contribution in [0.25, 0.3) is 0 Å². The van der Waals surface area contributed by atoms with E-state index in [4.69, 9.17) is 28.8 Å². The molecule has 1 saturated carbocycles. The number of halogens is 1. The van der Waals surface area contributed by atoms with E-state index in [2.05, 4.69) is 4.90 Å². The summed E-state index contributed by atoms with van der Waals surface area (Å²) < 4.78 is 0. The molecule has 1 aliphatic heterocycles. The van der Waals surface area contributed by atoms with Crippen LogP contribution in [0.2, 0.25) is 5.02 Å². The summed E-state index contributed by atoms with van der Waals surface area (Å²) in [4.78, 5) is 25.4. The Morgan fingerprint density at radius 2 is 1.66 bits per heavy atom. The standard InChI is InChI=1S/C19H21ClN2O.C6H12N2O/c20-17-10-9-15(18(23)14-7-3-1-4-8-14)13-16(17)19(21)22-11-5-2-6-12-22;7-5-2-1-4(3-5)6(8)9/h1,3-4,7-10,13,19H,2,5-6,11-12,21H2;4-5H,1-3,7H2,(H2,8,9). The van der Waals surface area contributed by atoms with E-state index in [0.29, 0.717) is 16.1 Å². The van der Waals surface area contributed by atoms with Crippen LogP contribution < -0.4 is 17.2 Å². The summed E-state index contributed by atoms with van der Waals surface area (Å²) in [6, 6.07) is 14.9. The van der Waals surface area contributed by atoms with Crippen molar-refractivity contribution in [3.63, 3.8) is 0 Å². The lowest BCUT2D eigenvalue weighted by molar-refractivity contribution is -0.121. The molecule has 1 aliphatic carbocycles. The maximum atomic E-state index is 12.6. The summed E-state index contributed by atoms with van der Waals surface area (Å²) in [6.07, 6.45) is 5.94. The van der Waals surface area contributed by atoms with E-state index in [1.165, 1.54) is 6.42 Å². The molecule has 3 atom stereocenters. The number of rotatable bonds is 5. The Balaban J connectivity index is 0.000000269. The van der Waals surface area contributed by atoms with Crippen molar-refractivity contribution in [1.29, 1.82) is 0 Å². The number of benzene rings is 2. The summed E-state index contributed by atoms with van der Waals surface area (Å²) in [7, 11) is 0. The zero-order valence-corrected chi connectivity index (χ0v) is 19.1. The van der Waals surface area contributed by atoms with Crippen molar-refractivity contribution in [3.8, 4) is 0 Å². The highest BCUT2D eigenvalue weighted by atomic mass is 35.5. The zero-order chi connectivity index (χ0) is 23.1. The molecule has 2 aliphatic rings. The zero-order valence-electron chi connectivity index (χ0n) is 18.4. The van der Waals surface area contributed by atoms with E-state index >= 15 is 0 Å². The predicted molar refractivity (Wildman–Crippen MR) is 128 cm³/mol. The fourth-order valence-electron chi connectivity index (χ4n) is 4.34. The van der Waals surface area contributed by atoms with E-state index in [0.717, 1.165) is 50.8 Å². The molecule has 0 radical (unpaired) electrons. The number of carbonyl (C=O) groups excluding carboxylic acids is 2. The Labute approximate surface area is 195 Å². The molecule has 3 unspecified atom stereocenters. The second-order valence-corrected chi connectivity index (χ2v) is 9.05. The van der Waals surface area contributed by atoms with Crippen LogP contribution in [-0.2, 0) is 4.79 Å². The quantitative estimate of drug-likeness (QED) is 0.594. The third-order valence-electron chi connectivity index (χ3n) is 6.27. The molecule has 172 valence electrons. The molecular formula is C25H33ClN4O2. The van der Waals surface area contributed by atoms with E-state index in [9.17, 15) is 9.59 Å². The average Bonchev–Trinajstić information content (AvgIpc) is 3.27. The molecule has 1 heterocycles. The van der Waals surface area contributed by atoms with Crippen molar-refractivity contribution in [2.75, 3.05) is 13.1 Å². The molecule has 6 N–H and O–H groups in total. The predicted octanol–water partition coefficient (Wildman–Crippen LogP) is 3.61. The van der Waals surface area contributed by atoms with Crippen molar-refractivity contribution < 1.29 is 9.59 Å². The van der Waals surface area contributed by atoms with Gasteiger partial charge in [-0.15, -0.1) is 0 Å². The van der Waals surface area contributed by atoms with Gasteiger partial charge in [0.2, 0.25) is 5.91 Å². The van der Waals surface area contributed by atoms with Gasteiger partial charge in [-0.05, 0) is 63.4 Å². The van der Waals surface area contributed by atoms with Crippen LogP contribution >= 0.6 is 11.6 Å². The van der Waals surface area contributed by atoms with Crippen LogP contribution in [0.1, 0.15) is 66.2 Å². The highest BCUT2D eigenvalue weighted by Crippen LogP contribution is 2.28. The van der Waals surface area contributed by atoms with Gasteiger partial charge < -0.3 is 17.2 Å². The van der Waals surface area contributed by atoms with Crippen LogP contribution in [-0.4, -0.2) is 35.7 Å². The topological polar surface area (TPSA) is 115 Å². The molecule has 2 aromatic carbocycles. The molecule has 0 aromatic heterocycles. The van der Waals surface area contributed by atoms with Crippen molar-refractivity contribution in [2.24, 2.45) is 23.1 Å². The number of hydrogen-bond donors (Lipinski definition) is 3.